The third kappa shape index (κ3) is 11.4. The molecule has 0 spiro atoms. The predicted octanol–water partition coefficient (Wildman–Crippen LogP) is 3.94. The molecule has 90 valence electrons. The molecule has 0 aliphatic rings. The molecule has 0 rings (SSSR count). The van der Waals surface area contributed by atoms with E-state index < -0.39 is 0 Å². The molecule has 0 saturated carbocycles. The minimum Gasteiger partial charge on any atom is -0.466 e. The van der Waals surface area contributed by atoms with Crippen LogP contribution in [0.15, 0.2) is 0 Å². The highest BCUT2D eigenvalue weighted by Crippen LogP contribution is 2.12. The molecule has 0 saturated heterocycles. The van der Waals surface area contributed by atoms with E-state index in [0.717, 1.165) is 0 Å². The molecule has 0 aromatic heterocycles. The summed E-state index contributed by atoms with van der Waals surface area (Å²) in [5.74, 6) is 0.352. The van der Waals surface area contributed by atoms with Crippen LogP contribution in [0.1, 0.15) is 65.7 Å². The van der Waals surface area contributed by atoms with Crippen LogP contribution in [0.5, 0.6) is 0 Å². The first-order valence-corrected chi connectivity index (χ1v) is 6.30. The molecule has 0 N–H and O–H groups in total. The predicted molar refractivity (Wildman–Crippen MR) is 63.8 cm³/mol. The monoisotopic (exact) mass is 214 g/mol. The Kier molecular flexibility index (Phi) is 9.65. The molecule has 0 fully saturated rings. The van der Waals surface area contributed by atoms with Crippen LogP contribution < -0.4 is 0 Å². The highest BCUT2D eigenvalue weighted by atomic mass is 16.5. The minimum absolute atomic E-state index is 0.162. The van der Waals surface area contributed by atoms with Crippen molar-refractivity contribution in [2.24, 2.45) is 5.92 Å². The molecule has 15 heavy (non-hydrogen) atoms. The lowest BCUT2D eigenvalue weighted by Crippen LogP contribution is -2.09. The first kappa shape index (κ1) is 14.5. The Hall–Kier alpha value is -0.530. The van der Waals surface area contributed by atoms with Crippen LogP contribution in [0.25, 0.3) is 0 Å². The molecular formula is C13H26O2. The van der Waals surface area contributed by atoms with Gasteiger partial charge in [0.1, 0.15) is 0 Å². The summed E-state index contributed by atoms with van der Waals surface area (Å²) in [6.07, 6.45) is 9.17. The molecule has 0 aromatic rings. The number of ether oxygens (including phenoxy) is 1. The summed E-state index contributed by atoms with van der Waals surface area (Å²) >= 11 is 0. The quantitative estimate of drug-likeness (QED) is 0.429. The number of esters is 1. The fraction of sp³-hybridized carbons (Fsp3) is 0.923. The third-order valence-corrected chi connectivity index (χ3v) is 2.62. The van der Waals surface area contributed by atoms with Gasteiger partial charge in [0.25, 0.3) is 0 Å². The number of carbonyl (C=O) groups is 1. The van der Waals surface area contributed by atoms with Crippen molar-refractivity contribution in [2.75, 3.05) is 6.61 Å². The topological polar surface area (TPSA) is 26.3 Å². The van der Waals surface area contributed by atoms with Gasteiger partial charge in [-0.3, -0.25) is 4.79 Å². The van der Waals surface area contributed by atoms with Gasteiger partial charge in [-0.05, 0) is 12.3 Å². The number of hydrogen-bond acceptors (Lipinski definition) is 2. The van der Waals surface area contributed by atoms with Crippen LogP contribution in [0.3, 0.4) is 0 Å². The smallest absolute Gasteiger partial charge is 0.302 e. The highest BCUT2D eigenvalue weighted by molar-refractivity contribution is 5.65. The van der Waals surface area contributed by atoms with Crippen molar-refractivity contribution in [2.45, 2.75) is 65.7 Å². The van der Waals surface area contributed by atoms with Crippen molar-refractivity contribution in [3.63, 3.8) is 0 Å². The lowest BCUT2D eigenvalue weighted by molar-refractivity contribution is -0.142. The summed E-state index contributed by atoms with van der Waals surface area (Å²) in [7, 11) is 0. The van der Waals surface area contributed by atoms with Crippen molar-refractivity contribution in [1.82, 2.24) is 0 Å². The molecule has 0 aliphatic carbocycles. The van der Waals surface area contributed by atoms with Gasteiger partial charge in [-0.15, -0.1) is 0 Å². The van der Waals surface area contributed by atoms with Gasteiger partial charge in [-0.1, -0.05) is 52.4 Å². The largest absolute Gasteiger partial charge is 0.466 e. The second-order valence-corrected chi connectivity index (χ2v) is 4.46. The zero-order valence-corrected chi connectivity index (χ0v) is 10.6. The Labute approximate surface area is 94.4 Å². The standard InChI is InChI=1S/C13H26O2/c1-4-5-6-7-8-9-10-12(2)11-15-13(3)14/h12H,4-11H2,1-3H3. The number of carbonyl (C=O) groups excluding carboxylic acids is 1. The molecule has 2 heteroatoms. The lowest BCUT2D eigenvalue weighted by atomic mass is 10.0. The van der Waals surface area contributed by atoms with Gasteiger partial charge < -0.3 is 4.74 Å². The zero-order valence-electron chi connectivity index (χ0n) is 10.6. The first-order valence-electron chi connectivity index (χ1n) is 6.30. The van der Waals surface area contributed by atoms with Crippen LogP contribution >= 0.6 is 0 Å². The maximum absolute atomic E-state index is 10.6. The Morgan fingerprint density at radius 2 is 1.73 bits per heavy atom. The first-order chi connectivity index (χ1) is 7.16. The van der Waals surface area contributed by atoms with E-state index in [4.69, 9.17) is 4.74 Å². The van der Waals surface area contributed by atoms with E-state index in [2.05, 4.69) is 13.8 Å². The van der Waals surface area contributed by atoms with Gasteiger partial charge in [0.2, 0.25) is 0 Å². The summed E-state index contributed by atoms with van der Waals surface area (Å²) in [6, 6.07) is 0. The number of rotatable bonds is 9. The summed E-state index contributed by atoms with van der Waals surface area (Å²) < 4.78 is 4.96. The van der Waals surface area contributed by atoms with E-state index in [0.29, 0.717) is 12.5 Å². The van der Waals surface area contributed by atoms with Crippen molar-refractivity contribution in [3.05, 3.63) is 0 Å². The van der Waals surface area contributed by atoms with Crippen molar-refractivity contribution in [3.8, 4) is 0 Å². The Bertz CT molecular complexity index is 155. The molecular weight excluding hydrogens is 188 g/mol. The van der Waals surface area contributed by atoms with E-state index in [1.807, 2.05) is 0 Å². The van der Waals surface area contributed by atoms with Crippen LogP contribution in [-0.4, -0.2) is 12.6 Å². The summed E-state index contributed by atoms with van der Waals surface area (Å²) in [6.45, 7) is 6.44. The van der Waals surface area contributed by atoms with Gasteiger partial charge >= 0.3 is 5.97 Å². The molecule has 0 heterocycles. The second kappa shape index (κ2) is 10.0. The minimum atomic E-state index is -0.162. The van der Waals surface area contributed by atoms with Gasteiger partial charge in [0.05, 0.1) is 6.61 Å². The van der Waals surface area contributed by atoms with E-state index in [1.165, 1.54) is 51.9 Å². The second-order valence-electron chi connectivity index (χ2n) is 4.46. The lowest BCUT2D eigenvalue weighted by Gasteiger charge is -2.10. The zero-order chi connectivity index (χ0) is 11.5. The van der Waals surface area contributed by atoms with E-state index in [-0.39, 0.29) is 5.97 Å². The fourth-order valence-corrected chi connectivity index (χ4v) is 1.62. The molecule has 0 aliphatic heterocycles. The Morgan fingerprint density at radius 1 is 1.13 bits per heavy atom. The maximum atomic E-state index is 10.6. The Morgan fingerprint density at radius 3 is 2.33 bits per heavy atom. The van der Waals surface area contributed by atoms with Crippen LogP contribution in [0.4, 0.5) is 0 Å². The van der Waals surface area contributed by atoms with Gasteiger partial charge in [0, 0.05) is 6.92 Å². The summed E-state index contributed by atoms with van der Waals surface area (Å²) in [4.78, 5) is 10.6. The molecule has 0 bridgehead atoms. The van der Waals surface area contributed by atoms with Crippen LogP contribution in [0, 0.1) is 5.92 Å². The maximum Gasteiger partial charge on any atom is 0.302 e. The number of unbranched alkanes of at least 4 members (excludes halogenated alkanes) is 5. The SMILES string of the molecule is CCCCCCCCC(C)COC(C)=O. The molecule has 0 aromatic carbocycles. The van der Waals surface area contributed by atoms with E-state index >= 15 is 0 Å². The molecule has 2 nitrogen and oxygen atoms in total. The molecule has 1 atom stereocenters. The van der Waals surface area contributed by atoms with Crippen molar-refractivity contribution in [1.29, 1.82) is 0 Å². The van der Waals surface area contributed by atoms with Gasteiger partial charge in [0.15, 0.2) is 0 Å². The average Bonchev–Trinajstić information content (AvgIpc) is 2.20. The van der Waals surface area contributed by atoms with Crippen LogP contribution in [0.2, 0.25) is 0 Å². The molecule has 1 unspecified atom stereocenters. The number of hydrogen-bond donors (Lipinski definition) is 0. The van der Waals surface area contributed by atoms with Crippen molar-refractivity contribution >= 4 is 5.97 Å². The normalized spacial score (nSPS) is 12.5. The average molecular weight is 214 g/mol. The van der Waals surface area contributed by atoms with E-state index in [9.17, 15) is 4.79 Å². The summed E-state index contributed by atoms with van der Waals surface area (Å²) in [5, 5.41) is 0. The highest BCUT2D eigenvalue weighted by Gasteiger charge is 2.03. The summed E-state index contributed by atoms with van der Waals surface area (Å²) in [5.41, 5.74) is 0. The molecule has 0 amide bonds. The van der Waals surface area contributed by atoms with Gasteiger partial charge in [-0.25, -0.2) is 0 Å². The third-order valence-electron chi connectivity index (χ3n) is 2.62. The Balaban J connectivity index is 3.16. The van der Waals surface area contributed by atoms with E-state index in [1.54, 1.807) is 0 Å². The van der Waals surface area contributed by atoms with Crippen molar-refractivity contribution < 1.29 is 9.53 Å². The van der Waals surface area contributed by atoms with Gasteiger partial charge in [-0.2, -0.15) is 0 Å². The van der Waals surface area contributed by atoms with Crippen LogP contribution in [-0.2, 0) is 9.53 Å². The molecule has 0 radical (unpaired) electrons. The fourth-order valence-electron chi connectivity index (χ4n) is 1.62.